The fourth-order valence-electron chi connectivity index (χ4n) is 4.39. The molecule has 1 saturated heterocycles. The van der Waals surface area contributed by atoms with Crippen LogP contribution in [-0.4, -0.2) is 34.1 Å². The predicted molar refractivity (Wildman–Crippen MR) is 126 cm³/mol. The van der Waals surface area contributed by atoms with Crippen LogP contribution in [-0.2, 0) is 6.54 Å². The Labute approximate surface area is 181 Å². The maximum Gasteiger partial charge on any atom is 0.123 e. The van der Waals surface area contributed by atoms with Crippen molar-refractivity contribution in [1.82, 2.24) is 9.47 Å². The molecule has 4 heteroatoms. The molecule has 0 unspecified atom stereocenters. The molecule has 3 aromatic carbocycles. The van der Waals surface area contributed by atoms with Gasteiger partial charge in [-0.25, -0.2) is 4.39 Å². The topological polar surface area (TPSA) is 8.17 Å². The van der Waals surface area contributed by atoms with Gasteiger partial charge in [0.1, 0.15) is 5.82 Å². The second kappa shape index (κ2) is 8.29. The Balaban J connectivity index is 1.68. The number of halogens is 1. The Hall–Kier alpha value is -2.56. The predicted octanol–water partition coefficient (Wildman–Crippen LogP) is 6.29. The van der Waals surface area contributed by atoms with Crippen molar-refractivity contribution in [2.75, 3.05) is 24.6 Å². The zero-order chi connectivity index (χ0) is 20.5. The van der Waals surface area contributed by atoms with E-state index in [1.807, 2.05) is 23.9 Å². The van der Waals surface area contributed by atoms with Crippen LogP contribution in [0.4, 0.5) is 4.39 Å². The Bertz CT molecular complexity index is 1170. The molecule has 152 valence electrons. The fourth-order valence-corrected chi connectivity index (χ4v) is 5.37. The van der Waals surface area contributed by atoms with Gasteiger partial charge in [0.2, 0.25) is 0 Å². The van der Waals surface area contributed by atoms with Crippen LogP contribution in [0.15, 0.2) is 72.8 Å². The Kier molecular flexibility index (Phi) is 5.36. The number of thioether (sulfide) groups is 1. The molecule has 1 aliphatic heterocycles. The van der Waals surface area contributed by atoms with Gasteiger partial charge in [-0.1, -0.05) is 42.5 Å². The molecule has 1 aromatic heterocycles. The van der Waals surface area contributed by atoms with Crippen LogP contribution in [0.5, 0.6) is 0 Å². The van der Waals surface area contributed by atoms with E-state index in [0.717, 1.165) is 31.0 Å². The highest BCUT2D eigenvalue weighted by Gasteiger charge is 2.19. The smallest absolute Gasteiger partial charge is 0.123 e. The summed E-state index contributed by atoms with van der Waals surface area (Å²) in [6.07, 6.45) is 0. The van der Waals surface area contributed by atoms with Crippen molar-refractivity contribution in [2.24, 2.45) is 0 Å². The monoisotopic (exact) mass is 416 g/mol. The fraction of sp³-hybridized carbons (Fsp3) is 0.231. The van der Waals surface area contributed by atoms with E-state index in [4.69, 9.17) is 0 Å². The number of aromatic nitrogens is 1. The first kappa shape index (κ1) is 19.4. The van der Waals surface area contributed by atoms with Gasteiger partial charge >= 0.3 is 0 Å². The van der Waals surface area contributed by atoms with Crippen molar-refractivity contribution >= 4 is 22.5 Å². The number of hydrogen-bond donors (Lipinski definition) is 0. The Morgan fingerprint density at radius 1 is 0.900 bits per heavy atom. The molecule has 1 fully saturated rings. The first-order valence-electron chi connectivity index (χ1n) is 10.5. The normalized spacial score (nSPS) is 15.0. The molecule has 5 rings (SSSR count). The summed E-state index contributed by atoms with van der Waals surface area (Å²) in [6.45, 7) is 5.41. The zero-order valence-electron chi connectivity index (χ0n) is 17.1. The maximum atomic E-state index is 13.6. The molecule has 30 heavy (non-hydrogen) atoms. The second-order valence-electron chi connectivity index (χ2n) is 7.87. The molecule has 0 spiro atoms. The lowest BCUT2D eigenvalue weighted by Gasteiger charge is -2.26. The quantitative estimate of drug-likeness (QED) is 0.386. The van der Waals surface area contributed by atoms with Gasteiger partial charge in [-0.15, -0.1) is 0 Å². The van der Waals surface area contributed by atoms with Crippen molar-refractivity contribution in [1.29, 1.82) is 0 Å². The molecule has 1 aliphatic rings. The number of hydrogen-bond acceptors (Lipinski definition) is 2. The molecule has 4 aromatic rings. The average Bonchev–Trinajstić information content (AvgIpc) is 3.10. The average molecular weight is 417 g/mol. The van der Waals surface area contributed by atoms with Crippen molar-refractivity contribution in [3.63, 3.8) is 0 Å². The van der Waals surface area contributed by atoms with E-state index in [-0.39, 0.29) is 5.82 Å². The van der Waals surface area contributed by atoms with Gasteiger partial charge in [0.15, 0.2) is 0 Å². The van der Waals surface area contributed by atoms with Gasteiger partial charge in [-0.3, -0.25) is 4.90 Å². The van der Waals surface area contributed by atoms with Crippen LogP contribution < -0.4 is 0 Å². The van der Waals surface area contributed by atoms with E-state index < -0.39 is 0 Å². The molecule has 0 N–H and O–H groups in total. The molecular formula is C26H25FN2S. The van der Waals surface area contributed by atoms with Crippen LogP contribution in [0.1, 0.15) is 11.3 Å². The zero-order valence-corrected chi connectivity index (χ0v) is 18.0. The highest BCUT2D eigenvalue weighted by molar-refractivity contribution is 7.99. The van der Waals surface area contributed by atoms with Gasteiger partial charge in [0.25, 0.3) is 0 Å². The summed E-state index contributed by atoms with van der Waals surface area (Å²) < 4.78 is 15.9. The molecule has 0 radical (unpaired) electrons. The molecule has 2 nitrogen and oxygen atoms in total. The maximum absolute atomic E-state index is 13.6. The summed E-state index contributed by atoms with van der Waals surface area (Å²) in [4.78, 5) is 2.54. The number of nitrogens with zero attached hydrogens (tertiary/aromatic N) is 2. The van der Waals surface area contributed by atoms with Crippen LogP contribution in [0, 0.1) is 12.7 Å². The summed E-state index contributed by atoms with van der Waals surface area (Å²) >= 11 is 2.04. The Morgan fingerprint density at radius 2 is 1.63 bits per heavy atom. The minimum atomic E-state index is -0.207. The molecule has 0 amide bonds. The third kappa shape index (κ3) is 3.66. The van der Waals surface area contributed by atoms with Crippen molar-refractivity contribution in [2.45, 2.75) is 13.5 Å². The first-order valence-corrected chi connectivity index (χ1v) is 11.6. The summed E-state index contributed by atoms with van der Waals surface area (Å²) in [6, 6.07) is 24.2. The third-order valence-electron chi connectivity index (χ3n) is 6.00. The largest absolute Gasteiger partial charge is 0.314 e. The minimum Gasteiger partial charge on any atom is -0.314 e. The highest BCUT2D eigenvalue weighted by atomic mass is 32.2. The Morgan fingerprint density at radius 3 is 2.43 bits per heavy atom. The summed E-state index contributed by atoms with van der Waals surface area (Å²) in [5.74, 6) is 2.20. The number of fused-ring (bicyclic) bond motifs is 1. The van der Waals surface area contributed by atoms with E-state index in [1.54, 1.807) is 12.1 Å². The standard InChI is InChI=1S/C26H25FN2S/c1-19-21(18-28-13-15-30-16-14-28)17-26(29(19)23-11-9-22(27)10-12-23)25-8-4-6-20-5-2-3-7-24(20)25/h2-12,17H,13-16,18H2,1H3. The SMILES string of the molecule is Cc1c(CN2CCSCC2)cc(-c2cccc3ccccc23)n1-c1ccc(F)cc1. The van der Waals surface area contributed by atoms with E-state index in [0.29, 0.717) is 0 Å². The van der Waals surface area contributed by atoms with E-state index in [9.17, 15) is 4.39 Å². The molecule has 0 atom stereocenters. The first-order chi connectivity index (χ1) is 14.7. The van der Waals surface area contributed by atoms with Crippen molar-refractivity contribution in [3.05, 3.63) is 89.9 Å². The van der Waals surface area contributed by atoms with Crippen LogP contribution in [0.3, 0.4) is 0 Å². The van der Waals surface area contributed by atoms with Crippen LogP contribution in [0.25, 0.3) is 27.7 Å². The minimum absolute atomic E-state index is 0.207. The molecule has 0 bridgehead atoms. The van der Waals surface area contributed by atoms with Gasteiger partial charge in [0, 0.05) is 48.1 Å². The summed E-state index contributed by atoms with van der Waals surface area (Å²) in [5, 5.41) is 2.47. The van der Waals surface area contributed by atoms with Crippen molar-refractivity contribution in [3.8, 4) is 16.9 Å². The van der Waals surface area contributed by atoms with E-state index >= 15 is 0 Å². The number of rotatable bonds is 4. The molecular weight excluding hydrogens is 391 g/mol. The van der Waals surface area contributed by atoms with E-state index in [2.05, 4.69) is 64.9 Å². The molecule has 0 aliphatic carbocycles. The number of benzene rings is 3. The van der Waals surface area contributed by atoms with Crippen LogP contribution in [0.2, 0.25) is 0 Å². The third-order valence-corrected chi connectivity index (χ3v) is 6.94. The highest BCUT2D eigenvalue weighted by Crippen LogP contribution is 2.34. The second-order valence-corrected chi connectivity index (χ2v) is 9.09. The summed E-state index contributed by atoms with van der Waals surface area (Å²) in [5.41, 5.74) is 5.94. The van der Waals surface area contributed by atoms with Gasteiger partial charge in [0.05, 0.1) is 5.69 Å². The van der Waals surface area contributed by atoms with Crippen molar-refractivity contribution < 1.29 is 4.39 Å². The lowest BCUT2D eigenvalue weighted by molar-refractivity contribution is 0.294. The summed E-state index contributed by atoms with van der Waals surface area (Å²) in [7, 11) is 0. The van der Waals surface area contributed by atoms with Crippen LogP contribution >= 0.6 is 11.8 Å². The van der Waals surface area contributed by atoms with E-state index in [1.165, 1.54) is 39.1 Å². The lowest BCUT2D eigenvalue weighted by Crippen LogP contribution is -2.32. The molecule has 2 heterocycles. The van der Waals surface area contributed by atoms with Gasteiger partial charge in [-0.05, 0) is 53.6 Å². The van der Waals surface area contributed by atoms with Gasteiger partial charge in [-0.2, -0.15) is 11.8 Å². The molecule has 0 saturated carbocycles. The lowest BCUT2D eigenvalue weighted by atomic mass is 10.0. The van der Waals surface area contributed by atoms with Gasteiger partial charge < -0.3 is 4.57 Å².